The van der Waals surface area contributed by atoms with Crippen molar-refractivity contribution in [1.29, 1.82) is 0 Å². The van der Waals surface area contributed by atoms with E-state index in [0.29, 0.717) is 11.3 Å². The first-order valence-corrected chi connectivity index (χ1v) is 14.5. The number of aromatic nitrogens is 1. The van der Waals surface area contributed by atoms with Gasteiger partial charge in [-0.1, -0.05) is 18.2 Å². The van der Waals surface area contributed by atoms with Gasteiger partial charge in [-0.05, 0) is 75.3 Å². The van der Waals surface area contributed by atoms with Crippen LogP contribution in [0.2, 0.25) is 0 Å². The molecule has 0 spiro atoms. The number of unbranched alkanes of at least 4 members (excludes halogenated alkanes) is 1. The number of carbonyl (C=O) groups excluding carboxylic acids is 2. The van der Waals surface area contributed by atoms with Gasteiger partial charge in [-0.25, -0.2) is 18.3 Å². The maximum absolute atomic E-state index is 12.9. The van der Waals surface area contributed by atoms with Crippen molar-refractivity contribution >= 4 is 34.6 Å². The fraction of sp³-hybridized carbons (Fsp3) is 0.500. The fourth-order valence-electron chi connectivity index (χ4n) is 4.80. The summed E-state index contributed by atoms with van der Waals surface area (Å²) in [5.41, 5.74) is 2.36. The van der Waals surface area contributed by atoms with Crippen molar-refractivity contribution in [3.05, 3.63) is 53.2 Å². The highest BCUT2D eigenvalue weighted by Gasteiger charge is 2.48. The quantitative estimate of drug-likeness (QED) is 0.294. The lowest BCUT2D eigenvalue weighted by Crippen LogP contribution is -2.64. The molecule has 39 heavy (non-hydrogen) atoms. The summed E-state index contributed by atoms with van der Waals surface area (Å²) in [5.74, 6) is -0.959. The van der Waals surface area contributed by atoms with E-state index in [-0.39, 0.29) is 32.0 Å². The lowest BCUT2D eigenvalue weighted by molar-refractivity contribution is -0.145. The molecule has 1 aromatic heterocycles. The van der Waals surface area contributed by atoms with Gasteiger partial charge in [0.1, 0.15) is 22.8 Å². The monoisotopic (exact) mass is 555 g/mol. The van der Waals surface area contributed by atoms with Crippen LogP contribution in [-0.2, 0) is 38.2 Å². The number of anilines is 1. The molecule has 0 radical (unpaired) electrons. The van der Waals surface area contributed by atoms with E-state index in [4.69, 9.17) is 0 Å². The Bertz CT molecular complexity index is 1250. The largest absolute Gasteiger partial charge is 0.480 e. The van der Waals surface area contributed by atoms with E-state index in [1.54, 1.807) is 17.3 Å². The summed E-state index contributed by atoms with van der Waals surface area (Å²) < 4.78 is 14.5. The summed E-state index contributed by atoms with van der Waals surface area (Å²) in [5, 5.41) is 18.1. The third-order valence-electron chi connectivity index (χ3n) is 7.17. The number of carbonyl (C=O) groups is 3. The number of nitrogens with one attached hydrogen (secondary N) is 3. The van der Waals surface area contributed by atoms with Crippen LogP contribution in [0, 0.1) is 12.3 Å². The van der Waals surface area contributed by atoms with Gasteiger partial charge in [0.15, 0.2) is 0 Å². The first kappa shape index (κ1) is 28.7. The first-order valence-electron chi connectivity index (χ1n) is 13.4. The minimum atomic E-state index is -1.39. The predicted octanol–water partition coefficient (Wildman–Crippen LogP) is 2.19. The minimum Gasteiger partial charge on any atom is -0.480 e. The molecule has 2 aliphatic heterocycles. The van der Waals surface area contributed by atoms with Crippen molar-refractivity contribution in [3.63, 3.8) is 0 Å². The Hall–Kier alpha value is -3.31. The zero-order valence-electron chi connectivity index (χ0n) is 22.5. The number of hydrogen-bond acceptors (Lipinski definition) is 6. The molecule has 0 saturated carbocycles. The highest BCUT2D eigenvalue weighted by molar-refractivity contribution is 7.82. The molecule has 1 aromatic carbocycles. The molecule has 2 amide bonds. The molecule has 210 valence electrons. The summed E-state index contributed by atoms with van der Waals surface area (Å²) in [6.07, 6.45) is 4.62. The Morgan fingerprint density at radius 3 is 2.74 bits per heavy atom. The second-order valence-electron chi connectivity index (χ2n) is 10.6. The van der Waals surface area contributed by atoms with Gasteiger partial charge in [-0.3, -0.25) is 9.59 Å². The summed E-state index contributed by atoms with van der Waals surface area (Å²) in [7, 11) is -1.39. The summed E-state index contributed by atoms with van der Waals surface area (Å²) >= 11 is 0. The number of fused-ring (bicyclic) bond motifs is 1. The summed E-state index contributed by atoms with van der Waals surface area (Å²) in [4.78, 5) is 42.3. The van der Waals surface area contributed by atoms with E-state index in [9.17, 15) is 23.7 Å². The van der Waals surface area contributed by atoms with E-state index in [2.05, 4.69) is 27.0 Å². The van der Waals surface area contributed by atoms with Gasteiger partial charge >= 0.3 is 5.97 Å². The molecule has 0 bridgehead atoms. The molecule has 1 fully saturated rings. The van der Waals surface area contributed by atoms with Crippen LogP contribution in [0.5, 0.6) is 0 Å². The highest BCUT2D eigenvalue weighted by atomic mass is 32.2. The van der Waals surface area contributed by atoms with Crippen molar-refractivity contribution < 1.29 is 23.7 Å². The van der Waals surface area contributed by atoms with Gasteiger partial charge in [0.05, 0.1) is 10.3 Å². The Balaban J connectivity index is 1.17. The van der Waals surface area contributed by atoms with Gasteiger partial charge in [0.25, 0.3) is 0 Å². The topological polar surface area (TPSA) is 141 Å². The van der Waals surface area contributed by atoms with Crippen LogP contribution in [0.3, 0.4) is 0 Å². The van der Waals surface area contributed by atoms with Crippen LogP contribution < -0.4 is 16.0 Å². The van der Waals surface area contributed by atoms with E-state index < -0.39 is 34.3 Å². The first-order chi connectivity index (χ1) is 18.6. The van der Waals surface area contributed by atoms with Crippen molar-refractivity contribution in [3.8, 4) is 0 Å². The summed E-state index contributed by atoms with van der Waals surface area (Å²) in [6.45, 7) is 4.86. The van der Waals surface area contributed by atoms with Crippen LogP contribution in [0.15, 0.2) is 41.3 Å². The number of carboxylic acids is 1. The van der Waals surface area contributed by atoms with Crippen molar-refractivity contribution in [2.24, 2.45) is 5.41 Å². The Kier molecular flexibility index (Phi) is 9.34. The maximum atomic E-state index is 12.9. The second kappa shape index (κ2) is 12.7. The van der Waals surface area contributed by atoms with Crippen molar-refractivity contribution in [1.82, 2.24) is 19.9 Å². The van der Waals surface area contributed by atoms with E-state index in [1.807, 2.05) is 31.2 Å². The molecule has 11 heteroatoms. The number of aliphatic carboxylic acids is 1. The molecule has 2 aliphatic rings. The molecule has 3 heterocycles. The number of amides is 2. The van der Waals surface area contributed by atoms with E-state index >= 15 is 0 Å². The molecule has 0 aliphatic carbocycles. The number of nitrogens with zero attached hydrogens (tertiary/aromatic N) is 2. The van der Waals surface area contributed by atoms with Crippen LogP contribution in [0.4, 0.5) is 5.82 Å². The predicted molar refractivity (Wildman–Crippen MR) is 148 cm³/mol. The van der Waals surface area contributed by atoms with Gasteiger partial charge in [0, 0.05) is 38.3 Å². The van der Waals surface area contributed by atoms with Crippen LogP contribution in [-0.4, -0.2) is 68.6 Å². The molecule has 4 rings (SSSR count). The maximum Gasteiger partial charge on any atom is 0.328 e. The second-order valence-corrected chi connectivity index (χ2v) is 12.1. The van der Waals surface area contributed by atoms with Gasteiger partial charge in [-0.2, -0.15) is 0 Å². The molecule has 2 atom stereocenters. The number of hydrogen-bond donors (Lipinski definition) is 4. The molecule has 1 saturated heterocycles. The lowest BCUT2D eigenvalue weighted by atomic mass is 9.83. The van der Waals surface area contributed by atoms with E-state index in [1.165, 1.54) is 5.56 Å². The van der Waals surface area contributed by atoms with E-state index in [0.717, 1.165) is 49.3 Å². The fourth-order valence-corrected chi connectivity index (χ4v) is 6.39. The highest BCUT2D eigenvalue weighted by Crippen LogP contribution is 2.33. The third kappa shape index (κ3) is 7.42. The zero-order valence-corrected chi connectivity index (χ0v) is 23.3. The number of aryl methyl sites for hydroxylation is 3. The zero-order chi connectivity index (χ0) is 28.0. The van der Waals surface area contributed by atoms with Crippen LogP contribution >= 0.6 is 0 Å². The molecular weight excluding hydrogens is 518 g/mol. The Morgan fingerprint density at radius 1 is 1.21 bits per heavy atom. The SMILES string of the molecule is Cc1cccc(S(=O)N2CC(C)(C(=O)NC(CNC(=O)CCCCc3ccc4c(n3)NCCC4)C(=O)O)C2)c1. The average molecular weight is 556 g/mol. The number of benzene rings is 1. The third-order valence-corrected chi connectivity index (χ3v) is 8.55. The smallest absolute Gasteiger partial charge is 0.328 e. The number of pyridine rings is 1. The lowest BCUT2D eigenvalue weighted by Gasteiger charge is -2.45. The summed E-state index contributed by atoms with van der Waals surface area (Å²) in [6, 6.07) is 10.3. The standard InChI is InChI=1S/C28H37N5O5S/c1-19-7-5-10-22(15-19)39(38)33-17-28(2,18-33)27(37)32-23(26(35)36)16-30-24(34)11-4-3-9-21-13-12-20-8-6-14-29-25(20)31-21/h5,7,10,12-13,15,23H,3-4,6,8-9,11,14,16-18H2,1-2H3,(H,29,31)(H,30,34)(H,32,37)(H,35,36). The van der Waals surface area contributed by atoms with Crippen molar-refractivity contribution in [2.45, 2.75) is 63.3 Å². The van der Waals surface area contributed by atoms with Gasteiger partial charge < -0.3 is 21.1 Å². The average Bonchev–Trinajstić information content (AvgIpc) is 2.90. The normalized spacial score (nSPS) is 17.6. The van der Waals surface area contributed by atoms with Crippen molar-refractivity contribution in [2.75, 3.05) is 31.5 Å². The number of carboxylic acid groups (broad SMARTS) is 1. The molecular formula is C28H37N5O5S. The Labute approximate surface area is 231 Å². The molecule has 2 unspecified atom stereocenters. The van der Waals surface area contributed by atoms with Crippen LogP contribution in [0.25, 0.3) is 0 Å². The molecule has 4 N–H and O–H groups in total. The van der Waals surface area contributed by atoms with Gasteiger partial charge in [0.2, 0.25) is 11.8 Å². The Morgan fingerprint density at radius 2 is 2.00 bits per heavy atom. The molecule has 2 aromatic rings. The van der Waals surface area contributed by atoms with Gasteiger partial charge in [-0.15, -0.1) is 0 Å². The number of rotatable bonds is 12. The molecule has 10 nitrogen and oxygen atoms in total. The minimum absolute atomic E-state index is 0.201. The van der Waals surface area contributed by atoms with Crippen LogP contribution in [0.1, 0.15) is 49.4 Å².